The third-order valence-electron chi connectivity index (χ3n) is 4.61. The van der Waals surface area contributed by atoms with E-state index in [1.165, 1.54) is 0 Å². The van der Waals surface area contributed by atoms with Gasteiger partial charge in [-0.15, -0.1) is 0 Å². The molecule has 0 atom stereocenters. The first-order valence-corrected chi connectivity index (χ1v) is 8.89. The van der Waals surface area contributed by atoms with Crippen LogP contribution in [0.2, 0.25) is 0 Å². The molecule has 1 aromatic carbocycles. The van der Waals surface area contributed by atoms with E-state index in [1.54, 1.807) is 24.4 Å². The van der Waals surface area contributed by atoms with Crippen LogP contribution in [-0.4, -0.2) is 58.9 Å². The van der Waals surface area contributed by atoms with Crippen molar-refractivity contribution < 1.29 is 9.53 Å². The van der Waals surface area contributed by atoms with Gasteiger partial charge in [0.1, 0.15) is 11.6 Å². The molecule has 1 aromatic heterocycles. The fraction of sp³-hybridized carbons (Fsp3) is 0.421. The third kappa shape index (κ3) is 4.36. The molecule has 7 nitrogen and oxygen atoms in total. The Morgan fingerprint density at radius 1 is 1.23 bits per heavy atom. The highest BCUT2D eigenvalue weighted by Crippen LogP contribution is 2.27. The number of nitrogens with zero attached hydrogens (tertiary/aromatic N) is 4. The Balaban J connectivity index is 1.75. The Labute approximate surface area is 153 Å². The van der Waals surface area contributed by atoms with Gasteiger partial charge in [0.15, 0.2) is 0 Å². The number of carbonyl (C=O) groups excluding carboxylic acids is 1. The van der Waals surface area contributed by atoms with E-state index in [0.29, 0.717) is 30.2 Å². The molecule has 0 unspecified atom stereocenters. The van der Waals surface area contributed by atoms with Crippen molar-refractivity contribution in [3.63, 3.8) is 0 Å². The lowest BCUT2D eigenvalue weighted by Gasteiger charge is -2.31. The zero-order valence-corrected chi connectivity index (χ0v) is 15.3. The highest BCUT2D eigenvalue weighted by Gasteiger charge is 2.16. The van der Waals surface area contributed by atoms with Crippen molar-refractivity contribution in [2.24, 2.45) is 5.73 Å². The SMILES string of the molecule is CCc1c(Oc2ccnc(CN3CCN(C)CC3)n2)cccc1C(N)=O. The van der Waals surface area contributed by atoms with E-state index >= 15 is 0 Å². The van der Waals surface area contributed by atoms with Crippen LogP contribution in [0.25, 0.3) is 0 Å². The van der Waals surface area contributed by atoms with Gasteiger partial charge in [0.2, 0.25) is 11.8 Å². The molecule has 0 bridgehead atoms. The molecule has 2 N–H and O–H groups in total. The van der Waals surface area contributed by atoms with E-state index in [0.717, 1.165) is 37.6 Å². The molecule has 0 aliphatic carbocycles. The molecule has 1 aliphatic rings. The number of carbonyl (C=O) groups is 1. The number of likely N-dealkylation sites (N-methyl/N-ethyl adjacent to an activating group) is 1. The summed E-state index contributed by atoms with van der Waals surface area (Å²) in [6, 6.07) is 7.03. The number of benzene rings is 1. The second-order valence-electron chi connectivity index (χ2n) is 6.49. The maximum atomic E-state index is 11.6. The third-order valence-corrected chi connectivity index (χ3v) is 4.61. The molecule has 1 amide bonds. The molecule has 0 radical (unpaired) electrons. The number of hydrogen-bond acceptors (Lipinski definition) is 6. The maximum absolute atomic E-state index is 11.6. The van der Waals surface area contributed by atoms with E-state index in [9.17, 15) is 4.79 Å². The van der Waals surface area contributed by atoms with Gasteiger partial charge in [-0.3, -0.25) is 9.69 Å². The van der Waals surface area contributed by atoms with Gasteiger partial charge in [-0.25, -0.2) is 4.98 Å². The molecular formula is C19H25N5O2. The highest BCUT2D eigenvalue weighted by atomic mass is 16.5. The Hall–Kier alpha value is -2.51. The highest BCUT2D eigenvalue weighted by molar-refractivity contribution is 5.95. The predicted octanol–water partition coefficient (Wildman–Crippen LogP) is 1.68. The molecule has 2 aromatic rings. The lowest BCUT2D eigenvalue weighted by molar-refractivity contribution is 0.0999. The smallest absolute Gasteiger partial charge is 0.249 e. The van der Waals surface area contributed by atoms with Gasteiger partial charge in [-0.05, 0) is 25.6 Å². The summed E-state index contributed by atoms with van der Waals surface area (Å²) in [7, 11) is 2.13. The standard InChI is InChI=1S/C19H25N5O2/c1-3-14-15(19(20)25)5-4-6-16(14)26-18-7-8-21-17(22-18)13-24-11-9-23(2)10-12-24/h4-8H,3,9-13H2,1-2H3,(H2,20,25). The van der Waals surface area contributed by atoms with Gasteiger partial charge in [0, 0.05) is 49.6 Å². The van der Waals surface area contributed by atoms with E-state index in [2.05, 4.69) is 26.8 Å². The summed E-state index contributed by atoms with van der Waals surface area (Å²) < 4.78 is 5.95. The van der Waals surface area contributed by atoms with E-state index in [1.807, 2.05) is 13.0 Å². The van der Waals surface area contributed by atoms with Crippen molar-refractivity contribution in [1.82, 2.24) is 19.8 Å². The van der Waals surface area contributed by atoms with Gasteiger partial charge < -0.3 is 15.4 Å². The Bertz CT molecular complexity index is 772. The first-order valence-electron chi connectivity index (χ1n) is 8.89. The van der Waals surface area contributed by atoms with Crippen LogP contribution >= 0.6 is 0 Å². The van der Waals surface area contributed by atoms with Crippen molar-refractivity contribution in [2.45, 2.75) is 19.9 Å². The minimum atomic E-state index is -0.453. The quantitative estimate of drug-likeness (QED) is 0.849. The molecule has 2 heterocycles. The molecular weight excluding hydrogens is 330 g/mol. The van der Waals surface area contributed by atoms with Crippen LogP contribution in [0.15, 0.2) is 30.5 Å². The summed E-state index contributed by atoms with van der Waals surface area (Å²) in [5, 5.41) is 0. The minimum absolute atomic E-state index is 0.453. The van der Waals surface area contributed by atoms with Crippen LogP contribution in [0.4, 0.5) is 0 Å². The first-order chi connectivity index (χ1) is 12.6. The Morgan fingerprint density at radius 3 is 2.69 bits per heavy atom. The molecule has 1 saturated heterocycles. The van der Waals surface area contributed by atoms with E-state index in [4.69, 9.17) is 10.5 Å². The summed E-state index contributed by atoms with van der Waals surface area (Å²) in [6.07, 6.45) is 2.35. The van der Waals surface area contributed by atoms with E-state index in [-0.39, 0.29) is 0 Å². The molecule has 3 rings (SSSR count). The lowest BCUT2D eigenvalue weighted by Crippen LogP contribution is -2.44. The van der Waals surface area contributed by atoms with Crippen LogP contribution in [0.5, 0.6) is 11.6 Å². The van der Waals surface area contributed by atoms with Crippen molar-refractivity contribution in [1.29, 1.82) is 0 Å². The number of hydrogen-bond donors (Lipinski definition) is 1. The average molecular weight is 355 g/mol. The molecule has 1 aliphatic heterocycles. The van der Waals surface area contributed by atoms with Crippen LogP contribution in [0.3, 0.4) is 0 Å². The number of piperazine rings is 1. The first kappa shape index (κ1) is 18.3. The minimum Gasteiger partial charge on any atom is -0.439 e. The Morgan fingerprint density at radius 2 is 2.00 bits per heavy atom. The summed E-state index contributed by atoms with van der Waals surface area (Å²) in [6.45, 7) is 6.78. The van der Waals surface area contributed by atoms with Crippen molar-refractivity contribution in [3.05, 3.63) is 47.4 Å². The van der Waals surface area contributed by atoms with Gasteiger partial charge in [-0.1, -0.05) is 13.0 Å². The number of rotatable bonds is 6. The second kappa shape index (κ2) is 8.25. The van der Waals surface area contributed by atoms with Crippen LogP contribution in [0.1, 0.15) is 28.7 Å². The number of ether oxygens (including phenoxy) is 1. The summed E-state index contributed by atoms with van der Waals surface area (Å²) in [4.78, 5) is 25.2. The Kier molecular flexibility index (Phi) is 5.80. The van der Waals surface area contributed by atoms with Gasteiger partial charge in [-0.2, -0.15) is 4.98 Å². The van der Waals surface area contributed by atoms with Crippen molar-refractivity contribution >= 4 is 5.91 Å². The van der Waals surface area contributed by atoms with Crippen molar-refractivity contribution in [3.8, 4) is 11.6 Å². The average Bonchev–Trinajstić information content (AvgIpc) is 2.63. The maximum Gasteiger partial charge on any atom is 0.249 e. The number of nitrogens with two attached hydrogens (primary N) is 1. The van der Waals surface area contributed by atoms with Gasteiger partial charge in [0.25, 0.3) is 0 Å². The summed E-state index contributed by atoms with van der Waals surface area (Å²) in [5.74, 6) is 1.36. The topological polar surface area (TPSA) is 84.6 Å². The fourth-order valence-electron chi connectivity index (χ4n) is 3.09. The van der Waals surface area contributed by atoms with Gasteiger partial charge >= 0.3 is 0 Å². The number of primary amides is 1. The normalized spacial score (nSPS) is 15.8. The monoisotopic (exact) mass is 355 g/mol. The van der Waals surface area contributed by atoms with Crippen LogP contribution in [-0.2, 0) is 13.0 Å². The van der Waals surface area contributed by atoms with Crippen LogP contribution in [0, 0.1) is 0 Å². The van der Waals surface area contributed by atoms with Crippen LogP contribution < -0.4 is 10.5 Å². The molecule has 26 heavy (non-hydrogen) atoms. The molecule has 0 saturated carbocycles. The zero-order valence-electron chi connectivity index (χ0n) is 15.3. The summed E-state index contributed by atoms with van der Waals surface area (Å²) in [5.41, 5.74) is 6.74. The number of amides is 1. The number of aromatic nitrogens is 2. The molecule has 0 spiro atoms. The molecule has 138 valence electrons. The lowest BCUT2D eigenvalue weighted by atomic mass is 10.0. The zero-order chi connectivity index (χ0) is 18.5. The predicted molar refractivity (Wildman–Crippen MR) is 99.2 cm³/mol. The second-order valence-corrected chi connectivity index (χ2v) is 6.49. The molecule has 7 heteroatoms. The van der Waals surface area contributed by atoms with Gasteiger partial charge in [0.05, 0.1) is 6.54 Å². The fourth-order valence-corrected chi connectivity index (χ4v) is 3.09. The van der Waals surface area contributed by atoms with E-state index < -0.39 is 5.91 Å². The largest absolute Gasteiger partial charge is 0.439 e. The van der Waals surface area contributed by atoms with Crippen molar-refractivity contribution in [2.75, 3.05) is 33.2 Å². The summed E-state index contributed by atoms with van der Waals surface area (Å²) >= 11 is 0. The molecule has 1 fully saturated rings.